The lowest BCUT2D eigenvalue weighted by Gasteiger charge is -2.04. The summed E-state index contributed by atoms with van der Waals surface area (Å²) in [6.45, 7) is 1.96. The summed E-state index contributed by atoms with van der Waals surface area (Å²) in [5.41, 5.74) is 1.48. The molecule has 0 atom stereocenters. The van der Waals surface area contributed by atoms with Gasteiger partial charge in [0.05, 0.1) is 5.71 Å². The van der Waals surface area contributed by atoms with E-state index in [9.17, 15) is 5.11 Å². The zero-order valence-corrected chi connectivity index (χ0v) is 7.82. The van der Waals surface area contributed by atoms with Gasteiger partial charge in [0.15, 0.2) is 0 Å². The van der Waals surface area contributed by atoms with Gasteiger partial charge in [-0.05, 0) is 18.6 Å². The third-order valence-electron chi connectivity index (χ3n) is 1.75. The first-order valence-corrected chi connectivity index (χ1v) is 4.18. The molecule has 1 rings (SSSR count). The summed E-state index contributed by atoms with van der Waals surface area (Å²) in [4.78, 5) is 4.68. The molecule has 0 aliphatic heterocycles. The molecule has 0 spiro atoms. The summed E-state index contributed by atoms with van der Waals surface area (Å²) in [5, 5.41) is 13.3. The van der Waals surface area contributed by atoms with Crippen LogP contribution in [0.25, 0.3) is 0 Å². The molecule has 0 aliphatic rings. The quantitative estimate of drug-likeness (QED) is 0.570. The third-order valence-corrected chi connectivity index (χ3v) is 1.75. The fraction of sp³-hybridized carbons (Fsp3) is 0.300. The van der Waals surface area contributed by atoms with Gasteiger partial charge in [0.2, 0.25) is 0 Å². The van der Waals surface area contributed by atoms with Crippen LogP contribution in [0.4, 0.5) is 0 Å². The number of nitrogens with zero attached hydrogens (tertiary/aromatic N) is 1. The number of phenolic OH excluding ortho intramolecular Hbond substituents is 1. The van der Waals surface area contributed by atoms with Gasteiger partial charge in [-0.1, -0.05) is 24.2 Å². The number of para-hydroxylation sites is 1. The van der Waals surface area contributed by atoms with E-state index in [1.165, 1.54) is 7.11 Å². The van der Waals surface area contributed by atoms with Crippen LogP contribution >= 0.6 is 0 Å². The molecule has 3 nitrogen and oxygen atoms in total. The lowest BCUT2D eigenvalue weighted by Crippen LogP contribution is -1.99. The number of aromatic hydroxyl groups is 1. The minimum absolute atomic E-state index is 0.236. The van der Waals surface area contributed by atoms with Crippen molar-refractivity contribution in [2.24, 2.45) is 5.16 Å². The Hall–Kier alpha value is -1.51. The van der Waals surface area contributed by atoms with Gasteiger partial charge in [0, 0.05) is 5.56 Å². The molecule has 1 aromatic rings. The van der Waals surface area contributed by atoms with Crippen LogP contribution in [0.1, 0.15) is 18.9 Å². The Kier molecular flexibility index (Phi) is 3.31. The molecule has 0 unspecified atom stereocenters. The maximum atomic E-state index is 9.50. The second-order valence-electron chi connectivity index (χ2n) is 2.59. The first-order chi connectivity index (χ1) is 6.29. The van der Waals surface area contributed by atoms with Gasteiger partial charge in [0.25, 0.3) is 0 Å². The van der Waals surface area contributed by atoms with E-state index < -0.39 is 0 Å². The van der Waals surface area contributed by atoms with Crippen molar-refractivity contribution in [3.05, 3.63) is 29.8 Å². The summed E-state index contributed by atoms with van der Waals surface area (Å²) >= 11 is 0. The first-order valence-electron chi connectivity index (χ1n) is 4.18. The van der Waals surface area contributed by atoms with E-state index in [0.29, 0.717) is 0 Å². The third kappa shape index (κ3) is 2.21. The number of hydrogen-bond donors (Lipinski definition) is 1. The minimum Gasteiger partial charge on any atom is -0.507 e. The average Bonchev–Trinajstić information content (AvgIpc) is 2.16. The van der Waals surface area contributed by atoms with E-state index >= 15 is 0 Å². The monoisotopic (exact) mass is 179 g/mol. The van der Waals surface area contributed by atoms with E-state index in [2.05, 4.69) is 9.99 Å². The molecule has 70 valence electrons. The highest BCUT2D eigenvalue weighted by molar-refractivity contribution is 6.02. The molecule has 1 aromatic carbocycles. The van der Waals surface area contributed by atoms with Gasteiger partial charge in [-0.3, -0.25) is 0 Å². The Morgan fingerprint density at radius 2 is 2.15 bits per heavy atom. The maximum absolute atomic E-state index is 9.50. The molecule has 0 aliphatic carbocycles. The highest BCUT2D eigenvalue weighted by atomic mass is 16.6. The number of oxime groups is 1. The smallest absolute Gasteiger partial charge is 0.124 e. The van der Waals surface area contributed by atoms with Gasteiger partial charge >= 0.3 is 0 Å². The van der Waals surface area contributed by atoms with Crippen LogP contribution in [0.15, 0.2) is 29.4 Å². The predicted molar refractivity (Wildman–Crippen MR) is 51.9 cm³/mol. The molecule has 0 heterocycles. The Morgan fingerprint density at radius 3 is 2.69 bits per heavy atom. The van der Waals surface area contributed by atoms with Crippen LogP contribution in [-0.4, -0.2) is 17.9 Å². The zero-order valence-electron chi connectivity index (χ0n) is 7.82. The SMILES string of the molecule is CCC(=NOC)c1ccccc1O. The van der Waals surface area contributed by atoms with Crippen molar-refractivity contribution in [2.45, 2.75) is 13.3 Å². The molecule has 1 N–H and O–H groups in total. The van der Waals surface area contributed by atoms with Crippen molar-refractivity contribution in [1.29, 1.82) is 0 Å². The summed E-state index contributed by atoms with van der Waals surface area (Å²) in [5.74, 6) is 0.236. The van der Waals surface area contributed by atoms with Gasteiger partial charge in [-0.25, -0.2) is 0 Å². The molecular weight excluding hydrogens is 166 g/mol. The molecule has 0 amide bonds. The largest absolute Gasteiger partial charge is 0.507 e. The van der Waals surface area contributed by atoms with Crippen LogP contribution in [-0.2, 0) is 4.84 Å². The van der Waals surface area contributed by atoms with Crippen molar-refractivity contribution in [3.8, 4) is 5.75 Å². The van der Waals surface area contributed by atoms with Crippen molar-refractivity contribution in [1.82, 2.24) is 0 Å². The molecule has 0 bridgehead atoms. The van der Waals surface area contributed by atoms with Crippen LogP contribution in [0, 0.1) is 0 Å². The summed E-state index contributed by atoms with van der Waals surface area (Å²) in [7, 11) is 1.50. The number of rotatable bonds is 3. The normalized spacial score (nSPS) is 11.4. The van der Waals surface area contributed by atoms with Gasteiger partial charge < -0.3 is 9.94 Å². The molecular formula is C10H13NO2. The fourth-order valence-corrected chi connectivity index (χ4v) is 1.13. The van der Waals surface area contributed by atoms with Gasteiger partial charge in [-0.15, -0.1) is 0 Å². The Morgan fingerprint density at radius 1 is 1.46 bits per heavy atom. The topological polar surface area (TPSA) is 41.8 Å². The van der Waals surface area contributed by atoms with Crippen molar-refractivity contribution < 1.29 is 9.94 Å². The minimum atomic E-state index is 0.236. The molecule has 0 saturated heterocycles. The van der Waals surface area contributed by atoms with Crippen molar-refractivity contribution in [3.63, 3.8) is 0 Å². The molecule has 0 saturated carbocycles. The maximum Gasteiger partial charge on any atom is 0.124 e. The zero-order chi connectivity index (χ0) is 9.68. The number of benzene rings is 1. The summed E-state index contributed by atoms with van der Waals surface area (Å²) < 4.78 is 0. The molecule has 0 fully saturated rings. The first kappa shape index (κ1) is 9.58. The van der Waals surface area contributed by atoms with Gasteiger partial charge in [0.1, 0.15) is 12.9 Å². The standard InChI is InChI=1S/C10H13NO2/c1-3-9(11-13-2)8-6-4-5-7-10(8)12/h4-7,12H,3H2,1-2H3. The lowest BCUT2D eigenvalue weighted by molar-refractivity contribution is 0.213. The highest BCUT2D eigenvalue weighted by Crippen LogP contribution is 2.17. The van der Waals surface area contributed by atoms with Crippen molar-refractivity contribution >= 4 is 5.71 Å². The lowest BCUT2D eigenvalue weighted by atomic mass is 10.1. The predicted octanol–water partition coefficient (Wildman–Crippen LogP) is 2.15. The summed E-state index contributed by atoms with van der Waals surface area (Å²) in [6, 6.07) is 7.08. The van der Waals surface area contributed by atoms with E-state index in [-0.39, 0.29) is 5.75 Å². The fourth-order valence-electron chi connectivity index (χ4n) is 1.13. The van der Waals surface area contributed by atoms with Crippen molar-refractivity contribution in [2.75, 3.05) is 7.11 Å². The van der Waals surface area contributed by atoms with E-state index in [1.54, 1.807) is 12.1 Å². The molecule has 13 heavy (non-hydrogen) atoms. The van der Waals surface area contributed by atoms with E-state index in [1.807, 2.05) is 19.1 Å². The number of hydrogen-bond acceptors (Lipinski definition) is 3. The van der Waals surface area contributed by atoms with Crippen LogP contribution in [0.5, 0.6) is 5.75 Å². The Balaban J connectivity index is 3.05. The van der Waals surface area contributed by atoms with Crippen LogP contribution in [0.2, 0.25) is 0 Å². The van der Waals surface area contributed by atoms with Crippen LogP contribution in [0.3, 0.4) is 0 Å². The second-order valence-corrected chi connectivity index (χ2v) is 2.59. The summed E-state index contributed by atoms with van der Waals surface area (Å²) in [6.07, 6.45) is 0.728. The highest BCUT2D eigenvalue weighted by Gasteiger charge is 2.05. The van der Waals surface area contributed by atoms with E-state index in [4.69, 9.17) is 0 Å². The number of phenols is 1. The van der Waals surface area contributed by atoms with Crippen LogP contribution < -0.4 is 0 Å². The molecule has 3 heteroatoms. The van der Waals surface area contributed by atoms with E-state index in [0.717, 1.165) is 17.7 Å². The second kappa shape index (κ2) is 4.50. The Bertz CT molecular complexity index is 308. The van der Waals surface area contributed by atoms with Gasteiger partial charge in [-0.2, -0.15) is 0 Å². The molecule has 0 radical (unpaired) electrons. The average molecular weight is 179 g/mol. The Labute approximate surface area is 77.6 Å². The molecule has 0 aromatic heterocycles.